The van der Waals surface area contributed by atoms with Gasteiger partial charge in [-0.2, -0.15) is 0 Å². The van der Waals surface area contributed by atoms with Crippen molar-refractivity contribution in [2.24, 2.45) is 0 Å². The van der Waals surface area contributed by atoms with Crippen LogP contribution < -0.4 is 15.4 Å². The fourth-order valence-corrected chi connectivity index (χ4v) is 3.21. The zero-order valence-electron chi connectivity index (χ0n) is 17.3. The second-order valence-electron chi connectivity index (χ2n) is 6.68. The smallest absolute Gasteiger partial charge is 0.407 e. The number of carbonyl (C=O) groups excluding carboxylic acids is 4. The van der Waals surface area contributed by atoms with Crippen molar-refractivity contribution in [2.45, 2.75) is 13.5 Å². The van der Waals surface area contributed by atoms with Gasteiger partial charge in [0.05, 0.1) is 37.0 Å². The van der Waals surface area contributed by atoms with Crippen LogP contribution in [0.15, 0.2) is 42.5 Å². The predicted octanol–water partition coefficient (Wildman–Crippen LogP) is 1.97. The third kappa shape index (κ3) is 4.82. The van der Waals surface area contributed by atoms with Gasteiger partial charge in [0, 0.05) is 13.1 Å². The Labute approximate surface area is 179 Å². The fourth-order valence-electron chi connectivity index (χ4n) is 3.21. The molecule has 9 heteroatoms. The molecule has 0 radical (unpaired) electrons. The molecule has 0 saturated heterocycles. The van der Waals surface area contributed by atoms with Crippen molar-refractivity contribution in [3.8, 4) is 5.75 Å². The first kappa shape index (κ1) is 21.8. The molecule has 0 bridgehead atoms. The number of alkyl carbamates (subject to hydrolysis) is 1. The van der Waals surface area contributed by atoms with Gasteiger partial charge < -0.3 is 20.1 Å². The van der Waals surface area contributed by atoms with E-state index < -0.39 is 12.0 Å². The van der Waals surface area contributed by atoms with Gasteiger partial charge in [-0.05, 0) is 36.8 Å². The summed E-state index contributed by atoms with van der Waals surface area (Å²) in [6.45, 7) is 2.37. The summed E-state index contributed by atoms with van der Waals surface area (Å²) in [5.41, 5.74) is 1.60. The van der Waals surface area contributed by atoms with Gasteiger partial charge in [0.1, 0.15) is 5.75 Å². The number of benzene rings is 2. The highest BCUT2D eigenvalue weighted by Gasteiger charge is 2.35. The molecule has 2 aromatic carbocycles. The zero-order valence-corrected chi connectivity index (χ0v) is 17.3. The Morgan fingerprint density at radius 2 is 1.61 bits per heavy atom. The topological polar surface area (TPSA) is 114 Å². The molecule has 1 heterocycles. The third-order valence-corrected chi connectivity index (χ3v) is 4.68. The number of ether oxygens (including phenoxy) is 2. The Bertz CT molecular complexity index is 985. The van der Waals surface area contributed by atoms with E-state index in [1.807, 2.05) is 0 Å². The van der Waals surface area contributed by atoms with E-state index in [0.29, 0.717) is 22.4 Å². The van der Waals surface area contributed by atoms with Gasteiger partial charge >= 0.3 is 6.09 Å². The van der Waals surface area contributed by atoms with Gasteiger partial charge in [0.15, 0.2) is 0 Å². The molecule has 0 spiro atoms. The quantitative estimate of drug-likeness (QED) is 0.494. The average molecular weight is 425 g/mol. The standard InChI is InChI=1S/C22H23N3O6/c1-3-31-22(29)24-11-10-23-19(26)17-12-14(8-9-18(17)30-2)13-25-20(27)15-6-4-5-7-16(15)21(25)28/h4-9,12H,3,10-11,13H2,1-2H3,(H,23,26)(H,24,29). The molecule has 2 N–H and O–H groups in total. The van der Waals surface area contributed by atoms with Gasteiger partial charge in [-0.3, -0.25) is 19.3 Å². The largest absolute Gasteiger partial charge is 0.496 e. The summed E-state index contributed by atoms with van der Waals surface area (Å²) >= 11 is 0. The number of nitrogens with zero attached hydrogens (tertiary/aromatic N) is 1. The third-order valence-electron chi connectivity index (χ3n) is 4.68. The minimum absolute atomic E-state index is 0.0288. The summed E-state index contributed by atoms with van der Waals surface area (Å²) in [7, 11) is 1.44. The Morgan fingerprint density at radius 1 is 0.968 bits per heavy atom. The fraction of sp³-hybridized carbons (Fsp3) is 0.273. The molecule has 9 nitrogen and oxygen atoms in total. The highest BCUT2D eigenvalue weighted by atomic mass is 16.5. The normalized spacial score (nSPS) is 12.4. The number of hydrogen-bond acceptors (Lipinski definition) is 6. The number of fused-ring (bicyclic) bond motifs is 1. The van der Waals surface area contributed by atoms with Crippen LogP contribution in [0, 0.1) is 0 Å². The lowest BCUT2D eigenvalue weighted by atomic mass is 10.1. The van der Waals surface area contributed by atoms with Crippen LogP contribution in [-0.2, 0) is 11.3 Å². The van der Waals surface area contributed by atoms with Crippen molar-refractivity contribution in [1.82, 2.24) is 15.5 Å². The Morgan fingerprint density at radius 3 is 2.23 bits per heavy atom. The van der Waals surface area contributed by atoms with Crippen LogP contribution in [0.1, 0.15) is 43.6 Å². The molecule has 4 amide bonds. The predicted molar refractivity (Wildman–Crippen MR) is 111 cm³/mol. The van der Waals surface area contributed by atoms with E-state index in [1.165, 1.54) is 7.11 Å². The first-order valence-corrected chi connectivity index (χ1v) is 9.77. The van der Waals surface area contributed by atoms with Crippen LogP contribution >= 0.6 is 0 Å². The van der Waals surface area contributed by atoms with Crippen molar-refractivity contribution in [3.05, 3.63) is 64.7 Å². The molecule has 0 atom stereocenters. The molecule has 0 unspecified atom stereocenters. The van der Waals surface area contributed by atoms with Gasteiger partial charge in [0.25, 0.3) is 17.7 Å². The van der Waals surface area contributed by atoms with Crippen molar-refractivity contribution in [3.63, 3.8) is 0 Å². The maximum absolute atomic E-state index is 12.6. The molecule has 2 aromatic rings. The van der Waals surface area contributed by atoms with E-state index in [-0.39, 0.29) is 43.6 Å². The van der Waals surface area contributed by atoms with Gasteiger partial charge in [-0.25, -0.2) is 4.79 Å². The first-order chi connectivity index (χ1) is 15.0. The second-order valence-corrected chi connectivity index (χ2v) is 6.68. The molecule has 1 aliphatic rings. The lowest BCUT2D eigenvalue weighted by Crippen LogP contribution is -2.35. The number of hydrogen-bond donors (Lipinski definition) is 2. The van der Waals surface area contributed by atoms with E-state index in [0.717, 1.165) is 4.90 Å². The second kappa shape index (κ2) is 9.75. The molecule has 3 rings (SSSR count). The average Bonchev–Trinajstić information content (AvgIpc) is 3.02. The van der Waals surface area contributed by atoms with Crippen molar-refractivity contribution >= 4 is 23.8 Å². The zero-order chi connectivity index (χ0) is 22.4. The van der Waals surface area contributed by atoms with E-state index in [4.69, 9.17) is 9.47 Å². The van der Waals surface area contributed by atoms with Crippen LogP contribution in [0.3, 0.4) is 0 Å². The number of carbonyl (C=O) groups is 4. The lowest BCUT2D eigenvalue weighted by molar-refractivity contribution is 0.0642. The summed E-state index contributed by atoms with van der Waals surface area (Å²) in [5.74, 6) is -0.798. The number of methoxy groups -OCH3 is 1. The van der Waals surface area contributed by atoms with Crippen LogP contribution in [0.25, 0.3) is 0 Å². The molecule has 0 saturated carbocycles. The molecule has 162 valence electrons. The summed E-state index contributed by atoms with van der Waals surface area (Å²) in [5, 5.41) is 5.20. The number of nitrogens with one attached hydrogen (secondary N) is 2. The van der Waals surface area contributed by atoms with Crippen LogP contribution in [0.5, 0.6) is 5.75 Å². The summed E-state index contributed by atoms with van der Waals surface area (Å²) < 4.78 is 10.0. The summed E-state index contributed by atoms with van der Waals surface area (Å²) in [6, 6.07) is 11.5. The van der Waals surface area contributed by atoms with E-state index in [1.54, 1.807) is 49.4 Å². The SMILES string of the molecule is CCOC(=O)NCCNC(=O)c1cc(CN2C(=O)c3ccccc3C2=O)ccc1OC. The molecular weight excluding hydrogens is 402 g/mol. The molecule has 0 aromatic heterocycles. The summed E-state index contributed by atoms with van der Waals surface area (Å²) in [4.78, 5) is 50.2. The number of amides is 4. The maximum atomic E-state index is 12.6. The molecule has 0 aliphatic carbocycles. The van der Waals surface area contributed by atoms with Crippen molar-refractivity contribution in [2.75, 3.05) is 26.8 Å². The minimum Gasteiger partial charge on any atom is -0.496 e. The maximum Gasteiger partial charge on any atom is 0.407 e. The van der Waals surface area contributed by atoms with Crippen LogP contribution in [0.2, 0.25) is 0 Å². The van der Waals surface area contributed by atoms with Gasteiger partial charge in [-0.15, -0.1) is 0 Å². The van der Waals surface area contributed by atoms with E-state index >= 15 is 0 Å². The van der Waals surface area contributed by atoms with Crippen molar-refractivity contribution in [1.29, 1.82) is 0 Å². The number of rotatable bonds is 8. The lowest BCUT2D eigenvalue weighted by Gasteiger charge is -2.16. The van der Waals surface area contributed by atoms with E-state index in [9.17, 15) is 19.2 Å². The molecular formula is C22H23N3O6. The van der Waals surface area contributed by atoms with Crippen LogP contribution in [0.4, 0.5) is 4.79 Å². The monoisotopic (exact) mass is 425 g/mol. The Balaban J connectivity index is 1.68. The summed E-state index contributed by atoms with van der Waals surface area (Å²) in [6.07, 6.45) is -0.558. The minimum atomic E-state index is -0.558. The highest BCUT2D eigenvalue weighted by Crippen LogP contribution is 2.26. The number of imide groups is 1. The first-order valence-electron chi connectivity index (χ1n) is 9.77. The van der Waals surface area contributed by atoms with Gasteiger partial charge in [-0.1, -0.05) is 18.2 Å². The van der Waals surface area contributed by atoms with Gasteiger partial charge in [0.2, 0.25) is 0 Å². The Kier molecular flexibility index (Phi) is 6.86. The van der Waals surface area contributed by atoms with Crippen molar-refractivity contribution < 1.29 is 28.7 Å². The molecule has 31 heavy (non-hydrogen) atoms. The molecule has 1 aliphatic heterocycles. The Hall–Kier alpha value is -3.88. The highest BCUT2D eigenvalue weighted by molar-refractivity contribution is 6.21. The van der Waals surface area contributed by atoms with Crippen LogP contribution in [-0.4, -0.2) is 55.5 Å². The molecule has 0 fully saturated rings. The van der Waals surface area contributed by atoms with E-state index in [2.05, 4.69) is 10.6 Å².